The minimum atomic E-state index is -0.445. The van der Waals surface area contributed by atoms with E-state index in [1.807, 2.05) is 31.7 Å². The first kappa shape index (κ1) is 18.0. The second-order valence-corrected chi connectivity index (χ2v) is 7.50. The first-order valence-corrected chi connectivity index (χ1v) is 8.58. The molecule has 1 fully saturated rings. The Morgan fingerprint density at radius 3 is 2.70 bits per heavy atom. The molecule has 1 aromatic carbocycles. The smallest absolute Gasteiger partial charge is 0.240 e. The maximum Gasteiger partial charge on any atom is 0.240 e. The summed E-state index contributed by atoms with van der Waals surface area (Å²) < 4.78 is 5.94. The number of carbonyl (C=O) groups is 1. The van der Waals surface area contributed by atoms with Crippen LogP contribution in [0.4, 0.5) is 0 Å². The number of hydrogen-bond acceptors (Lipinski definition) is 3. The van der Waals surface area contributed by atoms with Gasteiger partial charge in [-0.25, -0.2) is 0 Å². The van der Waals surface area contributed by atoms with Crippen molar-refractivity contribution < 1.29 is 9.53 Å². The van der Waals surface area contributed by atoms with E-state index in [-0.39, 0.29) is 17.4 Å². The Bertz CT molecular complexity index is 496. The summed E-state index contributed by atoms with van der Waals surface area (Å²) in [4.78, 5) is 14.3. The van der Waals surface area contributed by atoms with Crippen LogP contribution in [-0.2, 0) is 16.0 Å². The van der Waals surface area contributed by atoms with Crippen LogP contribution < -0.4 is 5.73 Å². The van der Waals surface area contributed by atoms with Crippen molar-refractivity contribution in [3.63, 3.8) is 0 Å². The lowest BCUT2D eigenvalue weighted by Crippen LogP contribution is -2.49. The Kier molecular flexibility index (Phi) is 6.19. The van der Waals surface area contributed by atoms with Gasteiger partial charge in [-0.2, -0.15) is 0 Å². The molecule has 0 bridgehead atoms. The second kappa shape index (κ2) is 7.93. The highest BCUT2D eigenvalue weighted by atomic mass is 16.5. The number of aryl methyl sites for hydroxylation is 1. The third kappa shape index (κ3) is 5.33. The Morgan fingerprint density at radius 1 is 1.35 bits per heavy atom. The number of likely N-dealkylation sites (tertiary alicyclic amines) is 1. The van der Waals surface area contributed by atoms with Crippen molar-refractivity contribution in [3.05, 3.63) is 35.9 Å². The molecule has 4 nitrogen and oxygen atoms in total. The van der Waals surface area contributed by atoms with Crippen molar-refractivity contribution >= 4 is 5.91 Å². The summed E-state index contributed by atoms with van der Waals surface area (Å²) in [5, 5.41) is 0. The normalized spacial score (nSPS) is 19.8. The number of nitrogens with two attached hydrogens (primary N) is 1. The van der Waals surface area contributed by atoms with Gasteiger partial charge in [-0.1, -0.05) is 51.1 Å². The van der Waals surface area contributed by atoms with Gasteiger partial charge in [0.05, 0.1) is 12.1 Å². The molecule has 2 N–H and O–H groups in total. The van der Waals surface area contributed by atoms with Crippen molar-refractivity contribution in [1.82, 2.24) is 4.90 Å². The Morgan fingerprint density at radius 2 is 2.04 bits per heavy atom. The molecule has 0 spiro atoms. The summed E-state index contributed by atoms with van der Waals surface area (Å²) in [7, 11) is 0. The fourth-order valence-corrected chi connectivity index (χ4v) is 2.80. The first-order chi connectivity index (χ1) is 10.9. The predicted octanol–water partition coefficient (Wildman–Crippen LogP) is 2.61. The largest absolute Gasteiger partial charge is 0.376 e. The van der Waals surface area contributed by atoms with E-state index in [0.29, 0.717) is 6.54 Å². The molecule has 4 heteroatoms. The molecule has 1 aliphatic heterocycles. The number of hydrogen-bond donors (Lipinski definition) is 1. The summed E-state index contributed by atoms with van der Waals surface area (Å²) in [5.74, 6) is 0.0490. The quantitative estimate of drug-likeness (QED) is 0.820. The van der Waals surface area contributed by atoms with E-state index in [1.165, 1.54) is 5.56 Å². The first-order valence-electron chi connectivity index (χ1n) is 8.58. The van der Waals surface area contributed by atoms with Gasteiger partial charge in [0.15, 0.2) is 0 Å². The maximum absolute atomic E-state index is 12.4. The van der Waals surface area contributed by atoms with E-state index in [4.69, 9.17) is 10.5 Å². The van der Waals surface area contributed by atoms with Crippen LogP contribution in [-0.4, -0.2) is 42.6 Å². The molecule has 2 rings (SSSR count). The van der Waals surface area contributed by atoms with Crippen LogP contribution in [0, 0.1) is 5.41 Å². The van der Waals surface area contributed by atoms with Gasteiger partial charge in [0.2, 0.25) is 5.91 Å². The topological polar surface area (TPSA) is 55.6 Å². The van der Waals surface area contributed by atoms with Gasteiger partial charge in [0, 0.05) is 19.7 Å². The van der Waals surface area contributed by atoms with Crippen LogP contribution in [0.2, 0.25) is 0 Å². The minimum Gasteiger partial charge on any atom is -0.376 e. The Balaban J connectivity index is 1.68. The van der Waals surface area contributed by atoms with Crippen LogP contribution in [0.5, 0.6) is 0 Å². The number of nitrogens with zero attached hydrogens (tertiary/aromatic N) is 1. The fraction of sp³-hybridized carbons (Fsp3) is 0.632. The van der Waals surface area contributed by atoms with E-state index < -0.39 is 6.04 Å². The van der Waals surface area contributed by atoms with Gasteiger partial charge in [-0.05, 0) is 30.2 Å². The monoisotopic (exact) mass is 318 g/mol. The SMILES string of the molecule is CC(C)(C)[C@H](N)C(=O)N1CCC(OCCCc2ccccc2)C1. The van der Waals surface area contributed by atoms with Crippen LogP contribution in [0.15, 0.2) is 30.3 Å². The van der Waals surface area contributed by atoms with Crippen molar-refractivity contribution in [2.24, 2.45) is 11.1 Å². The highest BCUT2D eigenvalue weighted by Crippen LogP contribution is 2.22. The number of rotatable bonds is 6. The van der Waals surface area contributed by atoms with Crippen molar-refractivity contribution in [1.29, 1.82) is 0 Å². The van der Waals surface area contributed by atoms with Gasteiger partial charge in [0.1, 0.15) is 0 Å². The molecule has 1 aromatic rings. The summed E-state index contributed by atoms with van der Waals surface area (Å²) in [6.07, 6.45) is 3.11. The standard InChI is InChI=1S/C19H30N2O2/c1-19(2,3)17(20)18(22)21-12-11-16(14-21)23-13-7-10-15-8-5-4-6-9-15/h4-6,8-9,16-17H,7,10-14,20H2,1-3H3/t16?,17-/m1/s1. The van der Waals surface area contributed by atoms with Crippen molar-refractivity contribution in [3.8, 4) is 0 Å². The van der Waals surface area contributed by atoms with Crippen LogP contribution in [0.1, 0.15) is 39.2 Å². The Hall–Kier alpha value is -1.39. The number of carbonyl (C=O) groups excluding carboxylic acids is 1. The molecule has 23 heavy (non-hydrogen) atoms. The summed E-state index contributed by atoms with van der Waals surface area (Å²) >= 11 is 0. The number of ether oxygens (including phenoxy) is 1. The lowest BCUT2D eigenvalue weighted by Gasteiger charge is -2.29. The van der Waals surface area contributed by atoms with Gasteiger partial charge >= 0.3 is 0 Å². The van der Waals surface area contributed by atoms with E-state index in [9.17, 15) is 4.79 Å². The third-order valence-corrected chi connectivity index (χ3v) is 4.46. The zero-order valence-electron chi connectivity index (χ0n) is 14.6. The van der Waals surface area contributed by atoms with Crippen molar-refractivity contribution in [2.75, 3.05) is 19.7 Å². The molecular weight excluding hydrogens is 288 g/mol. The average molecular weight is 318 g/mol. The van der Waals surface area contributed by atoms with Crippen LogP contribution in [0.25, 0.3) is 0 Å². The molecule has 1 unspecified atom stereocenters. The summed E-state index contributed by atoms with van der Waals surface area (Å²) in [6, 6.07) is 10.0. The zero-order valence-corrected chi connectivity index (χ0v) is 14.6. The molecule has 0 aliphatic carbocycles. The van der Waals surface area contributed by atoms with Crippen LogP contribution in [0.3, 0.4) is 0 Å². The summed E-state index contributed by atoms with van der Waals surface area (Å²) in [6.45, 7) is 8.18. The molecule has 2 atom stereocenters. The minimum absolute atomic E-state index is 0.0490. The molecule has 128 valence electrons. The molecule has 1 heterocycles. The molecular formula is C19H30N2O2. The lowest BCUT2D eigenvalue weighted by atomic mass is 9.86. The van der Waals surface area contributed by atoms with E-state index in [2.05, 4.69) is 24.3 Å². The van der Waals surface area contributed by atoms with E-state index in [0.717, 1.165) is 32.4 Å². The number of amides is 1. The lowest BCUT2D eigenvalue weighted by molar-refractivity contribution is -0.134. The fourth-order valence-electron chi connectivity index (χ4n) is 2.80. The number of benzene rings is 1. The van der Waals surface area contributed by atoms with Gasteiger partial charge in [-0.15, -0.1) is 0 Å². The zero-order chi connectivity index (χ0) is 16.9. The van der Waals surface area contributed by atoms with E-state index >= 15 is 0 Å². The summed E-state index contributed by atoms with van der Waals surface area (Å²) in [5.41, 5.74) is 7.21. The molecule has 1 saturated heterocycles. The van der Waals surface area contributed by atoms with Gasteiger partial charge in [0.25, 0.3) is 0 Å². The van der Waals surface area contributed by atoms with Gasteiger partial charge < -0.3 is 15.4 Å². The third-order valence-electron chi connectivity index (χ3n) is 4.46. The molecule has 0 aromatic heterocycles. The molecule has 1 aliphatic rings. The molecule has 0 saturated carbocycles. The highest BCUT2D eigenvalue weighted by molar-refractivity contribution is 5.82. The maximum atomic E-state index is 12.4. The molecule has 0 radical (unpaired) electrons. The van der Waals surface area contributed by atoms with E-state index in [1.54, 1.807) is 0 Å². The predicted molar refractivity (Wildman–Crippen MR) is 93.1 cm³/mol. The Labute approximate surface area is 140 Å². The molecule has 1 amide bonds. The van der Waals surface area contributed by atoms with Gasteiger partial charge in [-0.3, -0.25) is 4.79 Å². The second-order valence-electron chi connectivity index (χ2n) is 7.50. The van der Waals surface area contributed by atoms with Crippen LogP contribution >= 0.6 is 0 Å². The average Bonchev–Trinajstić information content (AvgIpc) is 2.99. The van der Waals surface area contributed by atoms with Crippen molar-refractivity contribution in [2.45, 2.75) is 52.2 Å². The highest BCUT2D eigenvalue weighted by Gasteiger charge is 2.34.